The van der Waals surface area contributed by atoms with Gasteiger partial charge in [0.2, 0.25) is 11.8 Å². The first-order valence-electron chi connectivity index (χ1n) is 10.8. The van der Waals surface area contributed by atoms with Gasteiger partial charge in [0.05, 0.1) is 29.6 Å². The molecular weight excluding hydrogens is 464 g/mol. The molecule has 3 heterocycles. The van der Waals surface area contributed by atoms with Gasteiger partial charge in [0.25, 0.3) is 0 Å². The van der Waals surface area contributed by atoms with Crippen LogP contribution in [0.25, 0.3) is 0 Å². The topological polar surface area (TPSA) is 110 Å². The average Bonchev–Trinajstić information content (AvgIpc) is 3.29. The molecule has 10 heteroatoms. The number of esters is 1. The molecule has 0 aliphatic carbocycles. The Balaban J connectivity index is 1.59. The number of carbonyl (C=O) groups excluding carboxylic acids is 3. The van der Waals surface area contributed by atoms with E-state index in [9.17, 15) is 22.8 Å². The number of nitrogens with one attached hydrogen (secondary N) is 1. The monoisotopic (exact) mass is 490 g/mol. The van der Waals surface area contributed by atoms with Crippen LogP contribution in [0.5, 0.6) is 0 Å². The van der Waals surface area contributed by atoms with Crippen LogP contribution in [0.4, 0.5) is 10.7 Å². The predicted octanol–water partition coefficient (Wildman–Crippen LogP) is 3.00. The third-order valence-corrected chi connectivity index (χ3v) is 9.07. The van der Waals surface area contributed by atoms with Crippen molar-refractivity contribution in [1.82, 2.24) is 0 Å². The molecule has 1 unspecified atom stereocenters. The fourth-order valence-electron chi connectivity index (χ4n) is 4.29. The molecule has 2 aliphatic rings. The molecule has 8 nitrogen and oxygen atoms in total. The van der Waals surface area contributed by atoms with Crippen molar-refractivity contribution >= 4 is 49.6 Å². The Morgan fingerprint density at radius 2 is 2.03 bits per heavy atom. The number of hydrogen-bond acceptors (Lipinski definition) is 7. The van der Waals surface area contributed by atoms with Gasteiger partial charge in [-0.25, -0.2) is 13.2 Å². The lowest BCUT2D eigenvalue weighted by atomic mass is 10.1. The van der Waals surface area contributed by atoms with Crippen LogP contribution in [0.3, 0.4) is 0 Å². The normalized spacial score (nSPS) is 19.3. The number of ether oxygens (including phenoxy) is 1. The number of benzene rings is 1. The van der Waals surface area contributed by atoms with Crippen molar-refractivity contribution in [1.29, 1.82) is 0 Å². The lowest BCUT2D eigenvalue weighted by Gasteiger charge is -2.20. The van der Waals surface area contributed by atoms with Gasteiger partial charge in [0, 0.05) is 23.5 Å². The van der Waals surface area contributed by atoms with Crippen LogP contribution in [-0.4, -0.2) is 45.1 Å². The third-order valence-electron chi connectivity index (χ3n) is 6.18. The maximum absolute atomic E-state index is 13.1. The van der Waals surface area contributed by atoms with Crippen LogP contribution in [0.2, 0.25) is 0 Å². The Labute approximate surface area is 196 Å². The zero-order valence-corrected chi connectivity index (χ0v) is 20.4. The van der Waals surface area contributed by atoms with E-state index >= 15 is 0 Å². The molecule has 0 spiro atoms. The number of aryl methyl sites for hydroxylation is 1. The van der Waals surface area contributed by atoms with E-state index in [2.05, 4.69) is 5.32 Å². The minimum absolute atomic E-state index is 0.0432. The van der Waals surface area contributed by atoms with Gasteiger partial charge in [-0.15, -0.1) is 11.3 Å². The molecular formula is C23H26N2O6S2. The maximum Gasteiger partial charge on any atom is 0.341 e. The fourth-order valence-corrected chi connectivity index (χ4v) is 7.33. The molecule has 2 amide bonds. The summed E-state index contributed by atoms with van der Waals surface area (Å²) in [4.78, 5) is 40.6. The van der Waals surface area contributed by atoms with Crippen molar-refractivity contribution in [3.8, 4) is 0 Å². The highest BCUT2D eigenvalue weighted by Crippen LogP contribution is 2.39. The minimum Gasteiger partial charge on any atom is -0.462 e. The van der Waals surface area contributed by atoms with Gasteiger partial charge in [-0.3, -0.25) is 9.59 Å². The lowest BCUT2D eigenvalue weighted by Crippen LogP contribution is -2.29. The average molecular weight is 491 g/mol. The number of amides is 2. The summed E-state index contributed by atoms with van der Waals surface area (Å²) in [5.74, 6) is -1.87. The lowest BCUT2D eigenvalue weighted by molar-refractivity contribution is -0.122. The van der Waals surface area contributed by atoms with Crippen LogP contribution in [-0.2, 0) is 36.3 Å². The SMILES string of the molecule is CCOC(=O)c1c(NC(=O)C2CC(=O)N(c3cccc(C)c3C)C2)sc2c1CCS(=O)(=O)C2. The van der Waals surface area contributed by atoms with Crippen LogP contribution < -0.4 is 10.2 Å². The first-order chi connectivity index (χ1) is 15.6. The molecule has 0 radical (unpaired) electrons. The van der Waals surface area contributed by atoms with Crippen molar-refractivity contribution in [2.24, 2.45) is 5.92 Å². The Morgan fingerprint density at radius 3 is 2.76 bits per heavy atom. The minimum atomic E-state index is -3.24. The molecule has 1 aromatic heterocycles. The highest BCUT2D eigenvalue weighted by molar-refractivity contribution is 7.90. The van der Waals surface area contributed by atoms with Gasteiger partial charge in [-0.2, -0.15) is 0 Å². The number of rotatable bonds is 5. The molecule has 2 aliphatic heterocycles. The van der Waals surface area contributed by atoms with E-state index in [-0.39, 0.29) is 59.9 Å². The van der Waals surface area contributed by atoms with Gasteiger partial charge >= 0.3 is 5.97 Å². The van der Waals surface area contributed by atoms with Crippen molar-refractivity contribution in [2.75, 3.05) is 29.1 Å². The predicted molar refractivity (Wildman–Crippen MR) is 126 cm³/mol. The van der Waals surface area contributed by atoms with Crippen LogP contribution in [0, 0.1) is 19.8 Å². The Hall–Kier alpha value is -2.72. The zero-order chi connectivity index (χ0) is 23.9. The molecule has 1 saturated heterocycles. The van der Waals surface area contributed by atoms with E-state index in [1.165, 1.54) is 0 Å². The Morgan fingerprint density at radius 1 is 1.27 bits per heavy atom. The second-order valence-electron chi connectivity index (χ2n) is 8.38. The molecule has 1 atom stereocenters. The maximum atomic E-state index is 13.1. The van der Waals surface area contributed by atoms with Gasteiger partial charge in [-0.05, 0) is 49.9 Å². The number of sulfone groups is 1. The van der Waals surface area contributed by atoms with Crippen molar-refractivity contribution in [3.05, 3.63) is 45.3 Å². The summed E-state index contributed by atoms with van der Waals surface area (Å²) in [5.41, 5.74) is 3.70. The molecule has 0 saturated carbocycles. The number of hydrogen-bond donors (Lipinski definition) is 1. The van der Waals surface area contributed by atoms with Crippen molar-refractivity contribution < 1.29 is 27.5 Å². The molecule has 176 valence electrons. The Kier molecular flexibility index (Phi) is 6.32. The molecule has 2 aromatic rings. The molecule has 33 heavy (non-hydrogen) atoms. The summed E-state index contributed by atoms with van der Waals surface area (Å²) in [5, 5.41) is 3.09. The summed E-state index contributed by atoms with van der Waals surface area (Å²) < 4.78 is 29.3. The highest BCUT2D eigenvalue weighted by atomic mass is 32.2. The summed E-state index contributed by atoms with van der Waals surface area (Å²) in [7, 11) is -3.24. The fraction of sp³-hybridized carbons (Fsp3) is 0.435. The zero-order valence-electron chi connectivity index (χ0n) is 18.8. The molecule has 1 fully saturated rings. The molecule has 0 bridgehead atoms. The van der Waals surface area contributed by atoms with Gasteiger partial charge in [0.15, 0.2) is 9.84 Å². The van der Waals surface area contributed by atoms with Gasteiger partial charge in [-0.1, -0.05) is 12.1 Å². The first-order valence-corrected chi connectivity index (χ1v) is 13.4. The standard InChI is InChI=1S/C23H26N2O6S2/c1-4-31-23(28)20-16-8-9-33(29,30)12-18(16)32-22(20)24-21(27)15-10-19(26)25(11-15)17-7-5-6-13(2)14(17)3/h5-7,15H,4,8-12H2,1-3H3,(H,24,27). The van der Waals surface area contributed by atoms with E-state index in [1.54, 1.807) is 11.8 Å². The smallest absolute Gasteiger partial charge is 0.341 e. The van der Waals surface area contributed by atoms with Crippen molar-refractivity contribution in [2.45, 2.75) is 39.4 Å². The van der Waals surface area contributed by atoms with E-state index < -0.39 is 21.7 Å². The summed E-state index contributed by atoms with van der Waals surface area (Å²) in [6, 6.07) is 5.72. The summed E-state index contributed by atoms with van der Waals surface area (Å²) >= 11 is 1.10. The van der Waals surface area contributed by atoms with Crippen LogP contribution in [0.15, 0.2) is 18.2 Å². The van der Waals surface area contributed by atoms with Crippen molar-refractivity contribution in [3.63, 3.8) is 0 Å². The Bertz CT molecular complexity index is 1250. The number of fused-ring (bicyclic) bond motifs is 1. The number of anilines is 2. The quantitative estimate of drug-likeness (QED) is 0.646. The van der Waals surface area contributed by atoms with E-state index in [0.29, 0.717) is 10.4 Å². The second-order valence-corrected chi connectivity index (χ2v) is 11.7. The molecule has 1 aromatic carbocycles. The first kappa shape index (κ1) is 23.4. The molecule has 4 rings (SSSR count). The largest absolute Gasteiger partial charge is 0.462 e. The second kappa shape index (κ2) is 8.90. The third kappa shape index (κ3) is 4.54. The molecule has 1 N–H and O–H groups in total. The number of nitrogens with zero attached hydrogens (tertiary/aromatic N) is 1. The summed E-state index contributed by atoms with van der Waals surface area (Å²) in [6.45, 7) is 6.01. The van der Waals surface area contributed by atoms with E-state index in [0.717, 1.165) is 28.2 Å². The summed E-state index contributed by atoms with van der Waals surface area (Å²) in [6.07, 6.45) is 0.272. The van der Waals surface area contributed by atoms with Gasteiger partial charge < -0.3 is 15.0 Å². The van der Waals surface area contributed by atoms with E-state index in [1.807, 2.05) is 32.0 Å². The van der Waals surface area contributed by atoms with Gasteiger partial charge in [0.1, 0.15) is 5.00 Å². The van der Waals surface area contributed by atoms with Crippen LogP contribution in [0.1, 0.15) is 45.3 Å². The number of thiophene rings is 1. The highest BCUT2D eigenvalue weighted by Gasteiger charge is 2.38. The van der Waals surface area contributed by atoms with E-state index in [4.69, 9.17) is 4.74 Å². The number of carbonyl (C=O) groups is 3. The van der Waals surface area contributed by atoms with Crippen LogP contribution >= 0.6 is 11.3 Å².